The molecule has 0 saturated carbocycles. The van der Waals surface area contributed by atoms with E-state index in [1.807, 2.05) is 66.9 Å². The first-order chi connectivity index (χ1) is 14.1. The Kier molecular flexibility index (Phi) is 7.62. The van der Waals surface area contributed by atoms with Gasteiger partial charge in [0.15, 0.2) is 0 Å². The van der Waals surface area contributed by atoms with Crippen LogP contribution in [0.4, 0.5) is 0 Å². The molecule has 0 spiro atoms. The van der Waals surface area contributed by atoms with Gasteiger partial charge in [-0.1, -0.05) is 86.3 Å². The summed E-state index contributed by atoms with van der Waals surface area (Å²) in [5.41, 5.74) is 0.997. The van der Waals surface area contributed by atoms with Gasteiger partial charge in [0.1, 0.15) is 11.9 Å². The van der Waals surface area contributed by atoms with Crippen molar-refractivity contribution in [3.05, 3.63) is 90.5 Å². The van der Waals surface area contributed by atoms with Crippen LogP contribution in [0.2, 0.25) is 0 Å². The molecular weight excluding hydrogens is 395 g/mol. The molecule has 0 aromatic heterocycles. The Balaban J connectivity index is 1.71. The van der Waals surface area contributed by atoms with E-state index in [0.29, 0.717) is 5.92 Å². The van der Waals surface area contributed by atoms with Crippen molar-refractivity contribution in [1.82, 2.24) is 5.20 Å². The molecule has 0 saturated heterocycles. The molecule has 5 heteroatoms. The zero-order valence-electron chi connectivity index (χ0n) is 16.9. The van der Waals surface area contributed by atoms with Crippen LogP contribution in [0.25, 0.3) is 0 Å². The molecule has 0 bridgehead atoms. The molecule has 0 atom stereocenters. The molecule has 3 nitrogen and oxygen atoms in total. The maximum absolute atomic E-state index is 6.11. The predicted molar refractivity (Wildman–Crippen MR) is 129 cm³/mol. The third-order valence-corrected chi connectivity index (χ3v) is 8.45. The number of nitrogens with one attached hydrogen (secondary N) is 1. The molecule has 3 rings (SSSR count). The van der Waals surface area contributed by atoms with Gasteiger partial charge in [0, 0.05) is 10.6 Å². The van der Waals surface area contributed by atoms with Gasteiger partial charge in [-0.25, -0.2) is 0 Å². The van der Waals surface area contributed by atoms with Gasteiger partial charge in [-0.3, -0.25) is 5.20 Å². The fourth-order valence-corrected chi connectivity index (χ4v) is 5.59. The van der Waals surface area contributed by atoms with Crippen molar-refractivity contribution in [2.24, 2.45) is 11.0 Å². The normalized spacial score (nSPS) is 11.7. The van der Waals surface area contributed by atoms with Crippen molar-refractivity contribution in [1.29, 1.82) is 0 Å². The fraction of sp³-hybridized carbons (Fsp3) is 0.208. The summed E-state index contributed by atoms with van der Waals surface area (Å²) in [5, 5.41) is 9.99. The first-order valence-electron chi connectivity index (χ1n) is 9.82. The van der Waals surface area contributed by atoms with Crippen LogP contribution < -0.4 is 20.5 Å². The Labute approximate surface area is 178 Å². The third kappa shape index (κ3) is 6.03. The van der Waals surface area contributed by atoms with Crippen LogP contribution in [0.1, 0.15) is 25.8 Å². The molecule has 3 aromatic carbocycles. The van der Waals surface area contributed by atoms with Crippen LogP contribution in [-0.4, -0.2) is 12.8 Å². The Morgan fingerprint density at radius 2 is 1.45 bits per heavy atom. The zero-order chi connectivity index (χ0) is 20.5. The minimum Gasteiger partial charge on any atom is -0.494 e. The number of hydrogen-bond acceptors (Lipinski definition) is 3. The second kappa shape index (κ2) is 10.4. The molecule has 0 radical (unpaired) electrons. The van der Waals surface area contributed by atoms with E-state index in [9.17, 15) is 0 Å². The van der Waals surface area contributed by atoms with E-state index in [2.05, 4.69) is 48.4 Å². The van der Waals surface area contributed by atoms with Crippen LogP contribution >= 0.6 is 6.19 Å². The molecule has 0 unspecified atom stereocenters. The molecule has 0 heterocycles. The summed E-state index contributed by atoms with van der Waals surface area (Å²) in [5.74, 6) is 1.53. The third-order valence-electron chi connectivity index (χ3n) is 4.50. The van der Waals surface area contributed by atoms with Gasteiger partial charge in [-0.2, -0.15) is 5.10 Å². The monoisotopic (exact) mass is 422 g/mol. The first kappa shape index (κ1) is 21.3. The standard InChI is InChI=1S/C24H27N2OPS/c1-20(2)17-18-27-22-15-13-21(14-16-22)19-25-26-28(29,23-9-5-3-6-10-23)24-11-7-4-8-12-24/h3-16,19-20H,17-18H2,1-2H3,(H,26,29)/b25-19+. The molecular formula is C24H27N2OPS. The number of ether oxygens (including phenoxy) is 1. The van der Waals surface area contributed by atoms with Crippen LogP contribution in [0.5, 0.6) is 5.75 Å². The van der Waals surface area contributed by atoms with Crippen molar-refractivity contribution in [2.45, 2.75) is 20.3 Å². The fourth-order valence-electron chi connectivity index (χ4n) is 2.79. The lowest BCUT2D eigenvalue weighted by atomic mass is 10.1. The maximum Gasteiger partial charge on any atom is 0.119 e. The van der Waals surface area contributed by atoms with E-state index < -0.39 is 6.19 Å². The topological polar surface area (TPSA) is 33.6 Å². The lowest BCUT2D eigenvalue weighted by Gasteiger charge is -2.22. The lowest BCUT2D eigenvalue weighted by Crippen LogP contribution is -2.24. The minimum atomic E-state index is -2.23. The van der Waals surface area contributed by atoms with Crippen LogP contribution in [0.15, 0.2) is 90.0 Å². The predicted octanol–water partition coefficient (Wildman–Crippen LogP) is 5.08. The molecule has 0 aliphatic heterocycles. The summed E-state index contributed by atoms with van der Waals surface area (Å²) < 4.78 is 5.77. The first-order valence-corrected chi connectivity index (χ1v) is 12.6. The Morgan fingerprint density at radius 1 is 0.897 bits per heavy atom. The van der Waals surface area contributed by atoms with Crippen molar-refractivity contribution < 1.29 is 4.74 Å². The Bertz CT molecular complexity index is 914. The summed E-state index contributed by atoms with van der Waals surface area (Å²) in [6, 6.07) is 28.3. The molecule has 150 valence electrons. The van der Waals surface area contributed by atoms with Gasteiger partial charge in [-0.05, 0) is 42.2 Å². The second-order valence-electron chi connectivity index (χ2n) is 7.24. The summed E-state index contributed by atoms with van der Waals surface area (Å²) in [7, 11) is 0. The average Bonchev–Trinajstić information content (AvgIpc) is 2.76. The number of hydrazone groups is 1. The van der Waals surface area contributed by atoms with Crippen molar-refractivity contribution in [3.63, 3.8) is 0 Å². The smallest absolute Gasteiger partial charge is 0.119 e. The average molecular weight is 423 g/mol. The molecule has 3 aromatic rings. The SMILES string of the molecule is CC(C)CCOc1ccc(/C=N/NP(=S)(c2ccccc2)c2ccccc2)cc1. The molecule has 0 aliphatic rings. The Hall–Kier alpha value is -2.42. The lowest BCUT2D eigenvalue weighted by molar-refractivity contribution is 0.289. The van der Waals surface area contributed by atoms with E-state index >= 15 is 0 Å². The highest BCUT2D eigenvalue weighted by Gasteiger charge is 2.21. The van der Waals surface area contributed by atoms with Gasteiger partial charge in [0.05, 0.1) is 12.8 Å². The number of hydrogen-bond donors (Lipinski definition) is 1. The number of benzene rings is 3. The molecule has 0 fully saturated rings. The van der Waals surface area contributed by atoms with E-state index in [4.69, 9.17) is 16.5 Å². The van der Waals surface area contributed by atoms with E-state index in [0.717, 1.165) is 34.9 Å². The highest BCUT2D eigenvalue weighted by molar-refractivity contribution is 8.20. The van der Waals surface area contributed by atoms with Gasteiger partial charge < -0.3 is 4.74 Å². The van der Waals surface area contributed by atoms with Crippen molar-refractivity contribution in [2.75, 3.05) is 6.61 Å². The summed E-state index contributed by atoms with van der Waals surface area (Å²) in [6.07, 6.45) is 0.628. The summed E-state index contributed by atoms with van der Waals surface area (Å²) in [4.78, 5) is 0. The maximum atomic E-state index is 6.11. The number of rotatable bonds is 9. The van der Waals surface area contributed by atoms with E-state index in [1.54, 1.807) is 0 Å². The van der Waals surface area contributed by atoms with Gasteiger partial charge in [0.25, 0.3) is 0 Å². The van der Waals surface area contributed by atoms with Crippen molar-refractivity contribution >= 4 is 34.8 Å². The summed E-state index contributed by atoms with van der Waals surface area (Å²) in [6.45, 7) is 5.13. The van der Waals surface area contributed by atoms with Gasteiger partial charge in [-0.15, -0.1) is 0 Å². The highest BCUT2D eigenvalue weighted by atomic mass is 32.4. The largest absolute Gasteiger partial charge is 0.494 e. The molecule has 1 N–H and O–H groups in total. The second-order valence-corrected chi connectivity index (χ2v) is 11.3. The molecule has 29 heavy (non-hydrogen) atoms. The van der Waals surface area contributed by atoms with Crippen LogP contribution in [-0.2, 0) is 11.8 Å². The van der Waals surface area contributed by atoms with E-state index in [-0.39, 0.29) is 0 Å². The minimum absolute atomic E-state index is 0.642. The quantitative estimate of drug-likeness (QED) is 0.297. The molecule has 0 amide bonds. The van der Waals surface area contributed by atoms with Crippen molar-refractivity contribution in [3.8, 4) is 5.75 Å². The highest BCUT2D eigenvalue weighted by Crippen LogP contribution is 2.38. The number of nitrogens with zero attached hydrogens (tertiary/aromatic N) is 1. The van der Waals surface area contributed by atoms with E-state index in [1.165, 1.54) is 0 Å². The zero-order valence-corrected chi connectivity index (χ0v) is 18.6. The van der Waals surface area contributed by atoms with Crippen LogP contribution in [0.3, 0.4) is 0 Å². The van der Waals surface area contributed by atoms with Gasteiger partial charge in [0.2, 0.25) is 0 Å². The van der Waals surface area contributed by atoms with Gasteiger partial charge >= 0.3 is 0 Å². The summed E-state index contributed by atoms with van der Waals surface area (Å²) >= 11 is 6.11. The van der Waals surface area contributed by atoms with Crippen LogP contribution in [0, 0.1) is 5.92 Å². The molecule has 0 aliphatic carbocycles. The Morgan fingerprint density at radius 3 is 1.97 bits per heavy atom.